The highest BCUT2D eigenvalue weighted by atomic mass is 32.1. The summed E-state index contributed by atoms with van der Waals surface area (Å²) in [5, 5.41) is 7.71. The molecule has 24 heavy (non-hydrogen) atoms. The molecule has 1 aromatic heterocycles. The van der Waals surface area contributed by atoms with Crippen LogP contribution in [0.15, 0.2) is 36.4 Å². The Morgan fingerprint density at radius 1 is 1.33 bits per heavy atom. The molecule has 0 saturated heterocycles. The molecule has 0 aliphatic heterocycles. The minimum absolute atomic E-state index is 0.315. The first-order valence-corrected chi connectivity index (χ1v) is 9.29. The molecule has 0 spiro atoms. The molecule has 0 radical (unpaired) electrons. The van der Waals surface area contributed by atoms with Crippen molar-refractivity contribution in [3.05, 3.63) is 52.4 Å². The summed E-state index contributed by atoms with van der Waals surface area (Å²) in [6.45, 7) is 2.16. The zero-order valence-electron chi connectivity index (χ0n) is 13.5. The SMILES string of the molecule is CCOC(=O)c1cc(Cc2ccccc2)sc1NC(=S)NC1CC1. The van der Waals surface area contributed by atoms with Gasteiger partial charge in [-0.05, 0) is 43.6 Å². The fraction of sp³-hybridized carbons (Fsp3) is 0.333. The Labute approximate surface area is 151 Å². The zero-order valence-corrected chi connectivity index (χ0v) is 15.1. The van der Waals surface area contributed by atoms with Gasteiger partial charge in [0, 0.05) is 17.3 Å². The van der Waals surface area contributed by atoms with Crippen molar-refractivity contribution in [2.24, 2.45) is 0 Å². The van der Waals surface area contributed by atoms with Crippen LogP contribution < -0.4 is 10.6 Å². The third-order valence-electron chi connectivity index (χ3n) is 3.64. The second-order valence-electron chi connectivity index (χ2n) is 5.71. The summed E-state index contributed by atoms with van der Waals surface area (Å²) in [6.07, 6.45) is 3.08. The summed E-state index contributed by atoms with van der Waals surface area (Å²) < 4.78 is 5.17. The average Bonchev–Trinajstić information content (AvgIpc) is 3.28. The molecular weight excluding hydrogens is 340 g/mol. The normalized spacial score (nSPS) is 13.4. The lowest BCUT2D eigenvalue weighted by Crippen LogP contribution is -2.30. The van der Waals surface area contributed by atoms with E-state index in [0.29, 0.717) is 23.3 Å². The van der Waals surface area contributed by atoms with Gasteiger partial charge >= 0.3 is 5.97 Å². The van der Waals surface area contributed by atoms with Crippen molar-refractivity contribution in [3.63, 3.8) is 0 Å². The van der Waals surface area contributed by atoms with Crippen LogP contribution in [0.2, 0.25) is 0 Å². The van der Waals surface area contributed by atoms with Gasteiger partial charge in [0.05, 0.1) is 12.2 Å². The molecule has 1 aliphatic carbocycles. The number of hydrogen-bond acceptors (Lipinski definition) is 4. The maximum atomic E-state index is 12.2. The number of rotatable bonds is 6. The molecule has 0 bridgehead atoms. The Morgan fingerprint density at radius 3 is 2.75 bits per heavy atom. The van der Waals surface area contributed by atoms with Crippen LogP contribution in [-0.4, -0.2) is 23.7 Å². The van der Waals surface area contributed by atoms with Crippen LogP contribution in [0, 0.1) is 0 Å². The Balaban J connectivity index is 1.78. The number of ether oxygens (including phenoxy) is 1. The predicted molar refractivity (Wildman–Crippen MR) is 102 cm³/mol. The number of thiophene rings is 1. The summed E-state index contributed by atoms with van der Waals surface area (Å²) in [5.74, 6) is -0.315. The molecule has 2 N–H and O–H groups in total. The topological polar surface area (TPSA) is 50.4 Å². The Morgan fingerprint density at radius 2 is 2.08 bits per heavy atom. The van der Waals surface area contributed by atoms with E-state index >= 15 is 0 Å². The molecule has 6 heteroatoms. The lowest BCUT2D eigenvalue weighted by molar-refractivity contribution is 0.0528. The molecule has 4 nitrogen and oxygen atoms in total. The number of carbonyl (C=O) groups excluding carboxylic acids is 1. The number of hydrogen-bond donors (Lipinski definition) is 2. The Kier molecular flexibility index (Phi) is 5.48. The lowest BCUT2D eigenvalue weighted by atomic mass is 10.1. The molecule has 3 rings (SSSR count). The van der Waals surface area contributed by atoms with Crippen LogP contribution in [-0.2, 0) is 11.2 Å². The maximum absolute atomic E-state index is 12.2. The van der Waals surface area contributed by atoms with E-state index in [9.17, 15) is 4.79 Å². The van der Waals surface area contributed by atoms with Crippen LogP contribution in [0.1, 0.15) is 40.6 Å². The van der Waals surface area contributed by atoms with Crippen molar-refractivity contribution in [3.8, 4) is 0 Å². The number of carbonyl (C=O) groups is 1. The largest absolute Gasteiger partial charge is 0.462 e. The van der Waals surface area contributed by atoms with Crippen LogP contribution >= 0.6 is 23.6 Å². The second-order valence-corrected chi connectivity index (χ2v) is 7.26. The van der Waals surface area contributed by atoms with Gasteiger partial charge in [0.15, 0.2) is 5.11 Å². The summed E-state index contributed by atoms with van der Waals surface area (Å²) >= 11 is 6.88. The fourth-order valence-corrected chi connectivity index (χ4v) is 3.75. The molecule has 1 fully saturated rings. The smallest absolute Gasteiger partial charge is 0.341 e. The van der Waals surface area contributed by atoms with Crippen molar-refractivity contribution in [2.75, 3.05) is 11.9 Å². The minimum atomic E-state index is -0.315. The van der Waals surface area contributed by atoms with Crippen molar-refractivity contribution in [1.29, 1.82) is 0 Å². The summed E-state index contributed by atoms with van der Waals surface area (Å²) in [4.78, 5) is 13.3. The molecule has 0 unspecified atom stereocenters. The quantitative estimate of drug-likeness (QED) is 0.603. The number of benzene rings is 1. The van der Waals surface area contributed by atoms with E-state index in [2.05, 4.69) is 22.8 Å². The van der Waals surface area contributed by atoms with Crippen LogP contribution in [0.3, 0.4) is 0 Å². The van der Waals surface area contributed by atoms with Gasteiger partial charge in [-0.2, -0.15) is 0 Å². The highest BCUT2D eigenvalue weighted by Crippen LogP contribution is 2.31. The van der Waals surface area contributed by atoms with E-state index in [1.54, 1.807) is 11.3 Å². The molecule has 1 saturated carbocycles. The fourth-order valence-electron chi connectivity index (χ4n) is 2.33. The highest BCUT2D eigenvalue weighted by molar-refractivity contribution is 7.80. The number of esters is 1. The Bertz CT molecular complexity index is 724. The summed E-state index contributed by atoms with van der Waals surface area (Å²) in [5.41, 5.74) is 1.76. The third kappa shape index (κ3) is 4.55. The molecule has 126 valence electrons. The summed E-state index contributed by atoms with van der Waals surface area (Å²) in [6, 6.07) is 12.6. The van der Waals surface area contributed by atoms with Crippen LogP contribution in [0.5, 0.6) is 0 Å². The molecule has 1 aromatic carbocycles. The second kappa shape index (κ2) is 7.77. The Hall–Kier alpha value is -1.92. The van der Waals surface area contributed by atoms with E-state index in [4.69, 9.17) is 17.0 Å². The van der Waals surface area contributed by atoms with Crippen molar-refractivity contribution in [2.45, 2.75) is 32.2 Å². The lowest BCUT2D eigenvalue weighted by Gasteiger charge is -2.09. The number of anilines is 1. The predicted octanol–water partition coefficient (Wildman–Crippen LogP) is 3.96. The zero-order chi connectivity index (χ0) is 16.9. The van der Waals surface area contributed by atoms with E-state index < -0.39 is 0 Å². The van der Waals surface area contributed by atoms with Gasteiger partial charge in [-0.15, -0.1) is 11.3 Å². The van der Waals surface area contributed by atoms with Gasteiger partial charge in [0.2, 0.25) is 0 Å². The highest BCUT2D eigenvalue weighted by Gasteiger charge is 2.23. The summed E-state index contributed by atoms with van der Waals surface area (Å²) in [7, 11) is 0. The maximum Gasteiger partial charge on any atom is 0.341 e. The molecule has 2 aromatic rings. The standard InChI is InChI=1S/C18H20N2O2S2/c1-2-22-17(21)15-11-14(10-12-6-4-3-5-7-12)24-16(15)20-18(23)19-13-8-9-13/h3-7,11,13H,2,8-10H2,1H3,(H2,19,20,23). The molecule has 0 amide bonds. The van der Waals surface area contributed by atoms with E-state index in [0.717, 1.165) is 29.1 Å². The van der Waals surface area contributed by atoms with Crippen molar-refractivity contribution >= 4 is 39.6 Å². The van der Waals surface area contributed by atoms with Crippen LogP contribution in [0.4, 0.5) is 5.00 Å². The molecule has 0 atom stereocenters. The number of thiocarbonyl (C=S) groups is 1. The minimum Gasteiger partial charge on any atom is -0.462 e. The van der Waals surface area contributed by atoms with Gasteiger partial charge in [-0.3, -0.25) is 0 Å². The first-order valence-electron chi connectivity index (χ1n) is 8.07. The van der Waals surface area contributed by atoms with Gasteiger partial charge < -0.3 is 15.4 Å². The van der Waals surface area contributed by atoms with Gasteiger partial charge in [-0.25, -0.2) is 4.79 Å². The number of nitrogens with one attached hydrogen (secondary N) is 2. The van der Waals surface area contributed by atoms with Gasteiger partial charge in [-0.1, -0.05) is 30.3 Å². The van der Waals surface area contributed by atoms with Crippen LogP contribution in [0.25, 0.3) is 0 Å². The van der Waals surface area contributed by atoms with Crippen molar-refractivity contribution in [1.82, 2.24) is 5.32 Å². The first-order chi connectivity index (χ1) is 11.7. The molecular formula is C18H20N2O2S2. The third-order valence-corrected chi connectivity index (χ3v) is 4.91. The first kappa shape index (κ1) is 16.9. The van der Waals surface area contributed by atoms with E-state index in [-0.39, 0.29) is 5.97 Å². The van der Waals surface area contributed by atoms with Gasteiger partial charge in [0.1, 0.15) is 5.00 Å². The van der Waals surface area contributed by atoms with Crippen molar-refractivity contribution < 1.29 is 9.53 Å². The average molecular weight is 361 g/mol. The molecule has 1 aliphatic rings. The van der Waals surface area contributed by atoms with E-state index in [1.165, 1.54) is 5.56 Å². The monoisotopic (exact) mass is 360 g/mol. The van der Waals surface area contributed by atoms with Gasteiger partial charge in [0.25, 0.3) is 0 Å². The van der Waals surface area contributed by atoms with E-state index in [1.807, 2.05) is 31.2 Å². The molecule has 1 heterocycles.